The van der Waals surface area contributed by atoms with Gasteiger partial charge in [-0.2, -0.15) is 0 Å². The maximum absolute atomic E-state index is 5.32. The zero-order chi connectivity index (χ0) is 15.9. The van der Waals surface area contributed by atoms with Gasteiger partial charge in [0.05, 0.1) is 12.8 Å². The number of nitrogens with zero attached hydrogens (tertiary/aromatic N) is 3. The summed E-state index contributed by atoms with van der Waals surface area (Å²) in [6.07, 6.45) is 5.09. The van der Waals surface area contributed by atoms with Crippen LogP contribution >= 0.6 is 0 Å². The fourth-order valence-electron chi connectivity index (χ4n) is 2.10. The predicted molar refractivity (Wildman–Crippen MR) is 89.9 cm³/mol. The second kappa shape index (κ2) is 7.22. The first-order valence-corrected chi connectivity index (χ1v) is 7.20. The molecule has 0 aliphatic carbocycles. The fraction of sp³-hybridized carbons (Fsp3) is 0.118. The van der Waals surface area contributed by atoms with Crippen molar-refractivity contribution in [2.45, 2.75) is 6.54 Å². The number of anilines is 3. The van der Waals surface area contributed by atoms with Gasteiger partial charge in [0, 0.05) is 25.0 Å². The number of ether oxygens (including phenoxy) is 1. The van der Waals surface area contributed by atoms with Gasteiger partial charge in [-0.25, -0.2) is 9.97 Å². The average molecular weight is 307 g/mol. The highest BCUT2D eigenvalue weighted by molar-refractivity contribution is 5.65. The van der Waals surface area contributed by atoms with Crippen molar-refractivity contribution in [1.82, 2.24) is 15.0 Å². The van der Waals surface area contributed by atoms with Crippen LogP contribution in [0.15, 0.2) is 61.2 Å². The van der Waals surface area contributed by atoms with Crippen molar-refractivity contribution in [2.75, 3.05) is 17.7 Å². The minimum Gasteiger partial charge on any atom is -0.495 e. The highest BCUT2D eigenvalue weighted by atomic mass is 16.5. The highest BCUT2D eigenvalue weighted by Gasteiger charge is 2.04. The van der Waals surface area contributed by atoms with Crippen LogP contribution in [0.5, 0.6) is 5.75 Å². The molecule has 3 aromatic rings. The second-order valence-electron chi connectivity index (χ2n) is 4.83. The molecule has 0 aliphatic rings. The van der Waals surface area contributed by atoms with E-state index in [-0.39, 0.29) is 0 Å². The van der Waals surface area contributed by atoms with Gasteiger partial charge in [0.15, 0.2) is 0 Å². The van der Waals surface area contributed by atoms with E-state index in [0.717, 1.165) is 22.8 Å². The molecular weight excluding hydrogens is 290 g/mol. The molecule has 0 saturated carbocycles. The van der Waals surface area contributed by atoms with E-state index in [1.54, 1.807) is 13.3 Å². The van der Waals surface area contributed by atoms with Crippen LogP contribution in [0, 0.1) is 0 Å². The number of benzene rings is 1. The molecule has 0 fully saturated rings. The summed E-state index contributed by atoms with van der Waals surface area (Å²) in [5.74, 6) is 2.19. The Balaban J connectivity index is 1.70. The van der Waals surface area contributed by atoms with Crippen LogP contribution in [0.4, 0.5) is 17.3 Å². The van der Waals surface area contributed by atoms with Gasteiger partial charge >= 0.3 is 0 Å². The molecule has 0 bridgehead atoms. The Morgan fingerprint density at radius 3 is 2.74 bits per heavy atom. The molecule has 116 valence electrons. The average Bonchev–Trinajstić information content (AvgIpc) is 2.62. The first-order chi connectivity index (χ1) is 11.3. The van der Waals surface area contributed by atoms with Crippen LogP contribution < -0.4 is 15.4 Å². The minimum atomic E-state index is 0.652. The number of hydrogen-bond acceptors (Lipinski definition) is 6. The quantitative estimate of drug-likeness (QED) is 0.728. The number of hydrogen-bond donors (Lipinski definition) is 2. The van der Waals surface area contributed by atoms with Crippen LogP contribution in [0.2, 0.25) is 0 Å². The molecule has 2 N–H and O–H groups in total. The summed E-state index contributed by atoms with van der Waals surface area (Å²) in [6, 6.07) is 13.5. The zero-order valence-electron chi connectivity index (χ0n) is 12.7. The van der Waals surface area contributed by atoms with Crippen molar-refractivity contribution in [1.29, 1.82) is 0 Å². The molecule has 0 spiro atoms. The van der Waals surface area contributed by atoms with Crippen LogP contribution in [0.1, 0.15) is 5.56 Å². The lowest BCUT2D eigenvalue weighted by atomic mass is 10.3. The van der Waals surface area contributed by atoms with E-state index in [1.807, 2.05) is 48.7 Å². The van der Waals surface area contributed by atoms with Gasteiger partial charge in [-0.1, -0.05) is 18.2 Å². The molecule has 0 aliphatic heterocycles. The third-order valence-corrected chi connectivity index (χ3v) is 3.23. The van der Waals surface area contributed by atoms with E-state index < -0.39 is 0 Å². The lowest BCUT2D eigenvalue weighted by Crippen LogP contribution is -2.03. The van der Waals surface area contributed by atoms with E-state index in [4.69, 9.17) is 4.74 Å². The first-order valence-electron chi connectivity index (χ1n) is 7.20. The minimum absolute atomic E-state index is 0.652. The van der Waals surface area contributed by atoms with Crippen molar-refractivity contribution in [3.05, 3.63) is 66.7 Å². The number of aromatic nitrogens is 3. The standard InChI is InChI=1S/C17H17N5O/c1-23-15-7-3-2-6-14(15)22-17-9-16(20-12-21-17)19-11-13-5-4-8-18-10-13/h2-10,12H,11H2,1H3,(H2,19,20,21,22). The van der Waals surface area contributed by atoms with Crippen LogP contribution in [0.25, 0.3) is 0 Å². The Labute approximate surface area is 134 Å². The van der Waals surface area contributed by atoms with Crippen LogP contribution in [-0.4, -0.2) is 22.1 Å². The fourth-order valence-corrected chi connectivity index (χ4v) is 2.10. The smallest absolute Gasteiger partial charge is 0.142 e. The molecule has 0 unspecified atom stereocenters. The summed E-state index contributed by atoms with van der Waals surface area (Å²) in [7, 11) is 1.64. The monoisotopic (exact) mass is 307 g/mol. The number of rotatable bonds is 6. The molecule has 3 rings (SSSR count). The normalized spacial score (nSPS) is 10.1. The lowest BCUT2D eigenvalue weighted by Gasteiger charge is -2.11. The van der Waals surface area contributed by atoms with E-state index in [0.29, 0.717) is 12.4 Å². The molecule has 6 nitrogen and oxygen atoms in total. The molecule has 1 aromatic carbocycles. The maximum Gasteiger partial charge on any atom is 0.142 e. The summed E-state index contributed by atoms with van der Waals surface area (Å²) >= 11 is 0. The summed E-state index contributed by atoms with van der Waals surface area (Å²) in [5, 5.41) is 6.49. The molecular formula is C17H17N5O. The third-order valence-electron chi connectivity index (χ3n) is 3.23. The van der Waals surface area contributed by atoms with E-state index in [1.165, 1.54) is 6.33 Å². The number of para-hydroxylation sites is 2. The number of pyridine rings is 1. The molecule has 2 heterocycles. The predicted octanol–water partition coefficient (Wildman–Crippen LogP) is 3.24. The summed E-state index contributed by atoms with van der Waals surface area (Å²) in [5.41, 5.74) is 1.94. The van der Waals surface area contributed by atoms with E-state index in [9.17, 15) is 0 Å². The second-order valence-corrected chi connectivity index (χ2v) is 4.83. The molecule has 0 saturated heterocycles. The zero-order valence-corrected chi connectivity index (χ0v) is 12.7. The van der Waals surface area contributed by atoms with Gasteiger partial charge in [0.1, 0.15) is 23.7 Å². The molecule has 23 heavy (non-hydrogen) atoms. The van der Waals surface area contributed by atoms with Crippen molar-refractivity contribution >= 4 is 17.3 Å². The molecule has 0 amide bonds. The van der Waals surface area contributed by atoms with Crippen LogP contribution in [-0.2, 0) is 6.54 Å². The van der Waals surface area contributed by atoms with Crippen molar-refractivity contribution in [2.24, 2.45) is 0 Å². The number of nitrogens with one attached hydrogen (secondary N) is 2. The topological polar surface area (TPSA) is 72.0 Å². The van der Waals surface area contributed by atoms with Crippen molar-refractivity contribution in [3.63, 3.8) is 0 Å². The van der Waals surface area contributed by atoms with Gasteiger partial charge in [-0.15, -0.1) is 0 Å². The Morgan fingerprint density at radius 1 is 1.04 bits per heavy atom. The Bertz CT molecular complexity index is 764. The third kappa shape index (κ3) is 3.94. The van der Waals surface area contributed by atoms with E-state index >= 15 is 0 Å². The Kier molecular flexibility index (Phi) is 4.63. The van der Waals surface area contributed by atoms with Gasteiger partial charge < -0.3 is 15.4 Å². The molecule has 2 aromatic heterocycles. The maximum atomic E-state index is 5.32. The van der Waals surface area contributed by atoms with E-state index in [2.05, 4.69) is 25.6 Å². The lowest BCUT2D eigenvalue weighted by molar-refractivity contribution is 0.417. The highest BCUT2D eigenvalue weighted by Crippen LogP contribution is 2.26. The van der Waals surface area contributed by atoms with Gasteiger partial charge in [0.25, 0.3) is 0 Å². The molecule has 0 atom stereocenters. The SMILES string of the molecule is COc1ccccc1Nc1cc(NCc2cccnc2)ncn1. The summed E-state index contributed by atoms with van der Waals surface area (Å²) in [4.78, 5) is 12.6. The molecule has 6 heteroatoms. The largest absolute Gasteiger partial charge is 0.495 e. The van der Waals surface area contributed by atoms with Crippen molar-refractivity contribution < 1.29 is 4.74 Å². The Hall–Kier alpha value is -3.15. The first kappa shape index (κ1) is 14.8. The van der Waals surface area contributed by atoms with Gasteiger partial charge in [-0.3, -0.25) is 4.98 Å². The number of methoxy groups -OCH3 is 1. The Morgan fingerprint density at radius 2 is 1.91 bits per heavy atom. The van der Waals surface area contributed by atoms with Gasteiger partial charge in [-0.05, 0) is 23.8 Å². The summed E-state index contributed by atoms with van der Waals surface area (Å²) < 4.78 is 5.32. The molecule has 0 radical (unpaired) electrons. The summed E-state index contributed by atoms with van der Waals surface area (Å²) in [6.45, 7) is 0.652. The van der Waals surface area contributed by atoms with Gasteiger partial charge in [0.2, 0.25) is 0 Å². The van der Waals surface area contributed by atoms with Crippen LogP contribution in [0.3, 0.4) is 0 Å². The van der Waals surface area contributed by atoms with Crippen molar-refractivity contribution in [3.8, 4) is 5.75 Å².